The molecule has 28 heavy (non-hydrogen) atoms. The first-order chi connectivity index (χ1) is 13.2. The Bertz CT molecular complexity index is 1150. The Balaban J connectivity index is 1.71. The quantitative estimate of drug-likeness (QED) is 0.600. The molecule has 1 aliphatic rings. The second kappa shape index (κ2) is 6.33. The van der Waals surface area contributed by atoms with E-state index in [-0.39, 0.29) is 16.7 Å². The van der Waals surface area contributed by atoms with Gasteiger partial charge >= 0.3 is 12.1 Å². The molecule has 2 heterocycles. The van der Waals surface area contributed by atoms with Crippen LogP contribution in [0.15, 0.2) is 58.0 Å². The van der Waals surface area contributed by atoms with Crippen molar-refractivity contribution in [3.05, 3.63) is 76.8 Å². The highest BCUT2D eigenvalue weighted by Crippen LogP contribution is 2.38. The second-order valence-corrected chi connectivity index (χ2v) is 6.18. The van der Waals surface area contributed by atoms with E-state index in [2.05, 4.69) is 4.99 Å². The molecule has 2 aromatic carbocycles. The molecule has 0 spiro atoms. The lowest BCUT2D eigenvalue weighted by Gasteiger charge is -2.06. The maximum Gasteiger partial charge on any atom is 0.417 e. The Hall–Kier alpha value is -3.42. The van der Waals surface area contributed by atoms with Gasteiger partial charge in [-0.1, -0.05) is 18.2 Å². The fraction of sp³-hybridized carbons (Fsp3) is 0.100. The summed E-state index contributed by atoms with van der Waals surface area (Å²) in [5.41, 5.74) is 0.226. The van der Waals surface area contributed by atoms with Crippen LogP contribution in [0.25, 0.3) is 16.7 Å². The van der Waals surface area contributed by atoms with Crippen LogP contribution in [0.4, 0.5) is 17.6 Å². The number of carboxylic acids is 1. The predicted molar refractivity (Wildman–Crippen MR) is 93.7 cm³/mol. The number of alkyl halides is 3. The van der Waals surface area contributed by atoms with E-state index in [9.17, 15) is 22.4 Å². The minimum atomic E-state index is -4.64. The first kappa shape index (κ1) is 18.0. The van der Waals surface area contributed by atoms with Crippen molar-refractivity contribution >= 4 is 28.3 Å². The molecule has 1 N–H and O–H groups in total. The largest absolute Gasteiger partial charge is 0.478 e. The lowest BCUT2D eigenvalue weighted by atomic mass is 10.1. The van der Waals surface area contributed by atoms with Crippen molar-refractivity contribution in [3.63, 3.8) is 0 Å². The summed E-state index contributed by atoms with van der Waals surface area (Å²) < 4.78 is 58.8. The number of halogens is 4. The fourth-order valence-corrected chi connectivity index (χ4v) is 3.03. The minimum Gasteiger partial charge on any atom is -0.478 e. The highest BCUT2D eigenvalue weighted by Gasteiger charge is 2.34. The zero-order valence-corrected chi connectivity index (χ0v) is 14.0. The molecular weight excluding hydrogens is 378 g/mol. The Kier molecular flexibility index (Phi) is 4.06. The van der Waals surface area contributed by atoms with Gasteiger partial charge in [0.15, 0.2) is 11.4 Å². The molecule has 0 radical (unpaired) electrons. The number of aromatic carboxylic acids is 1. The highest BCUT2D eigenvalue weighted by molar-refractivity contribution is 6.07. The molecule has 3 aromatic rings. The number of allylic oxidation sites excluding steroid dienone is 1. The third-order valence-corrected chi connectivity index (χ3v) is 4.40. The van der Waals surface area contributed by atoms with Crippen molar-refractivity contribution in [1.29, 1.82) is 0 Å². The van der Waals surface area contributed by atoms with E-state index in [0.717, 1.165) is 12.1 Å². The van der Waals surface area contributed by atoms with Crippen LogP contribution >= 0.6 is 0 Å². The third kappa shape index (κ3) is 3.06. The van der Waals surface area contributed by atoms with Gasteiger partial charge in [-0.2, -0.15) is 13.2 Å². The van der Waals surface area contributed by atoms with Crippen molar-refractivity contribution in [3.8, 4) is 0 Å². The van der Waals surface area contributed by atoms with E-state index in [4.69, 9.17) is 9.52 Å². The Morgan fingerprint density at radius 1 is 1.11 bits per heavy atom. The van der Waals surface area contributed by atoms with Gasteiger partial charge in [-0.25, -0.2) is 14.2 Å². The molecule has 8 heteroatoms. The molecular formula is C20H11F4NO3. The average Bonchev–Trinajstić information content (AvgIpc) is 3.28. The molecule has 0 amide bonds. The zero-order valence-electron chi connectivity index (χ0n) is 14.0. The summed E-state index contributed by atoms with van der Waals surface area (Å²) in [6, 6.07) is 8.58. The average molecular weight is 389 g/mol. The molecule has 0 bridgehead atoms. The molecule has 0 saturated heterocycles. The summed E-state index contributed by atoms with van der Waals surface area (Å²) in [5.74, 6) is -1.88. The van der Waals surface area contributed by atoms with E-state index in [1.54, 1.807) is 18.2 Å². The first-order valence-corrected chi connectivity index (χ1v) is 8.15. The number of furan rings is 1. The molecule has 4 nitrogen and oxygen atoms in total. The standard InChI is InChI=1S/C20H11F4NO3/c21-14-6-5-13(20(22,23)24)12-9-17(28-18(12)14)16-8-7-15(25-16)10-1-3-11(4-2-10)19(26)27/h1-7,9H,8H2,(H,26,27). The first-order valence-electron chi connectivity index (χ1n) is 8.15. The zero-order chi connectivity index (χ0) is 20.1. The normalized spacial score (nSPS) is 14.3. The number of carbonyl (C=O) groups is 1. The van der Waals surface area contributed by atoms with Crippen LogP contribution in [0.5, 0.6) is 0 Å². The van der Waals surface area contributed by atoms with Gasteiger partial charge in [0.2, 0.25) is 0 Å². The van der Waals surface area contributed by atoms with Crippen LogP contribution in [-0.4, -0.2) is 16.8 Å². The summed E-state index contributed by atoms with van der Waals surface area (Å²) in [6.45, 7) is 0. The molecule has 0 saturated carbocycles. The summed E-state index contributed by atoms with van der Waals surface area (Å²) in [6.07, 6.45) is -2.61. The number of aliphatic imine (C=N–C) groups is 1. The van der Waals surface area contributed by atoms with Gasteiger partial charge in [0.25, 0.3) is 0 Å². The van der Waals surface area contributed by atoms with Gasteiger partial charge in [-0.15, -0.1) is 0 Å². The van der Waals surface area contributed by atoms with E-state index in [0.29, 0.717) is 29.5 Å². The lowest BCUT2D eigenvalue weighted by molar-refractivity contribution is -0.136. The van der Waals surface area contributed by atoms with Crippen LogP contribution in [0.1, 0.15) is 33.7 Å². The lowest BCUT2D eigenvalue weighted by Crippen LogP contribution is -2.05. The number of rotatable bonds is 3. The van der Waals surface area contributed by atoms with E-state index in [1.807, 2.05) is 0 Å². The monoisotopic (exact) mass is 389 g/mol. The second-order valence-electron chi connectivity index (χ2n) is 6.18. The number of benzene rings is 2. The highest BCUT2D eigenvalue weighted by atomic mass is 19.4. The van der Waals surface area contributed by atoms with Gasteiger partial charge in [0.1, 0.15) is 5.76 Å². The summed E-state index contributed by atoms with van der Waals surface area (Å²) in [7, 11) is 0. The molecule has 4 rings (SSSR count). The number of hydrogen-bond acceptors (Lipinski definition) is 3. The summed E-state index contributed by atoms with van der Waals surface area (Å²) in [5, 5.41) is 8.58. The number of hydrogen-bond donors (Lipinski definition) is 1. The van der Waals surface area contributed by atoms with Crippen molar-refractivity contribution in [2.75, 3.05) is 0 Å². The van der Waals surface area contributed by atoms with E-state index >= 15 is 0 Å². The number of fused-ring (bicyclic) bond motifs is 1. The third-order valence-electron chi connectivity index (χ3n) is 4.40. The number of nitrogens with zero attached hydrogens (tertiary/aromatic N) is 1. The van der Waals surface area contributed by atoms with Crippen molar-refractivity contribution in [1.82, 2.24) is 0 Å². The molecule has 0 atom stereocenters. The number of carboxylic acid groups (broad SMARTS) is 1. The Morgan fingerprint density at radius 2 is 1.82 bits per heavy atom. The van der Waals surface area contributed by atoms with Crippen LogP contribution in [0.3, 0.4) is 0 Å². The molecule has 0 aliphatic carbocycles. The fourth-order valence-electron chi connectivity index (χ4n) is 3.03. The molecule has 1 aliphatic heterocycles. The molecule has 0 fully saturated rings. The topological polar surface area (TPSA) is 62.8 Å². The Labute approximate surface area is 155 Å². The SMILES string of the molecule is O=C(O)c1ccc(C2=CCC(c3cc4c(C(F)(F)F)ccc(F)c4o3)=N2)cc1. The summed E-state index contributed by atoms with van der Waals surface area (Å²) >= 11 is 0. The molecule has 1 aromatic heterocycles. The van der Waals surface area contributed by atoms with Crippen LogP contribution in [0.2, 0.25) is 0 Å². The summed E-state index contributed by atoms with van der Waals surface area (Å²) in [4.78, 5) is 15.3. The smallest absolute Gasteiger partial charge is 0.417 e. The van der Waals surface area contributed by atoms with Gasteiger partial charge in [0, 0.05) is 11.8 Å². The van der Waals surface area contributed by atoms with Crippen molar-refractivity contribution in [2.24, 2.45) is 4.99 Å². The van der Waals surface area contributed by atoms with Gasteiger partial charge < -0.3 is 9.52 Å². The molecule has 142 valence electrons. The van der Waals surface area contributed by atoms with Crippen LogP contribution < -0.4 is 0 Å². The minimum absolute atomic E-state index is 0.0546. The van der Waals surface area contributed by atoms with Gasteiger partial charge in [0.05, 0.1) is 22.5 Å². The maximum absolute atomic E-state index is 13.9. The van der Waals surface area contributed by atoms with E-state index in [1.165, 1.54) is 12.1 Å². The van der Waals surface area contributed by atoms with Crippen LogP contribution in [-0.2, 0) is 6.18 Å². The maximum atomic E-state index is 13.9. The molecule has 0 unspecified atom stereocenters. The van der Waals surface area contributed by atoms with Crippen molar-refractivity contribution in [2.45, 2.75) is 12.6 Å². The van der Waals surface area contributed by atoms with Gasteiger partial charge in [-0.3, -0.25) is 0 Å². The van der Waals surface area contributed by atoms with E-state index < -0.39 is 29.1 Å². The Morgan fingerprint density at radius 3 is 2.46 bits per heavy atom. The predicted octanol–water partition coefficient (Wildman–Crippen LogP) is 5.52. The van der Waals surface area contributed by atoms with Gasteiger partial charge in [-0.05, 0) is 35.9 Å². The van der Waals surface area contributed by atoms with Crippen LogP contribution in [0, 0.1) is 5.82 Å². The van der Waals surface area contributed by atoms with Crippen molar-refractivity contribution < 1.29 is 31.9 Å².